The monoisotopic (exact) mass is 391 g/mol. The second-order valence-electron chi connectivity index (χ2n) is 9.07. The molecule has 4 nitrogen and oxygen atoms in total. The van der Waals surface area contributed by atoms with Crippen LogP contribution in [0.2, 0.25) is 0 Å². The minimum Gasteiger partial charge on any atom is -0.313 e. The largest absolute Gasteiger partial charge is 0.313 e. The molecule has 4 rings (SSSR count). The van der Waals surface area contributed by atoms with Crippen LogP contribution in [0.1, 0.15) is 56.6 Å². The summed E-state index contributed by atoms with van der Waals surface area (Å²) in [7, 11) is 0. The highest BCUT2D eigenvalue weighted by Gasteiger charge is 2.26. The Morgan fingerprint density at radius 1 is 1.03 bits per heavy atom. The number of halogens is 1. The highest BCUT2D eigenvalue weighted by atomic mass is 19.1. The summed E-state index contributed by atoms with van der Waals surface area (Å²) >= 11 is 0. The zero-order valence-corrected chi connectivity index (χ0v) is 17.7. The Labute approximate surface area is 169 Å². The summed E-state index contributed by atoms with van der Waals surface area (Å²) in [6, 6.07) is 11.4. The van der Waals surface area contributed by atoms with E-state index >= 15 is 0 Å². The van der Waals surface area contributed by atoms with E-state index in [2.05, 4.69) is 35.6 Å². The number of carbonyl (C=O) groups excluding carboxylic acids is 1. The predicted octanol–water partition coefficient (Wildman–Crippen LogP) is 6.24. The van der Waals surface area contributed by atoms with E-state index in [1.807, 2.05) is 39.0 Å². The summed E-state index contributed by atoms with van der Waals surface area (Å²) < 4.78 is 17.5. The molecule has 0 spiro atoms. The standard InChI is InChI=1S/C24H26FN3O/c1-14(2)20-10-16-11-22-17(13-26-28(22)23(29)24(4,5)6)12-21(16)27(20)18-7-8-19(25)15(3)9-18/h7-14H,1-6H3. The van der Waals surface area contributed by atoms with Crippen LogP contribution in [0.15, 0.2) is 42.6 Å². The van der Waals surface area contributed by atoms with Gasteiger partial charge in [0.2, 0.25) is 0 Å². The van der Waals surface area contributed by atoms with Crippen LogP contribution in [0.25, 0.3) is 27.5 Å². The van der Waals surface area contributed by atoms with Crippen LogP contribution in [0.4, 0.5) is 4.39 Å². The lowest BCUT2D eigenvalue weighted by atomic mass is 9.96. The number of carbonyl (C=O) groups is 1. The molecule has 150 valence electrons. The maximum atomic E-state index is 13.8. The fourth-order valence-corrected chi connectivity index (χ4v) is 3.71. The van der Waals surface area contributed by atoms with Crippen molar-refractivity contribution >= 4 is 27.7 Å². The summed E-state index contributed by atoms with van der Waals surface area (Å²) in [5, 5.41) is 6.30. The van der Waals surface area contributed by atoms with E-state index < -0.39 is 5.41 Å². The van der Waals surface area contributed by atoms with Crippen LogP contribution in [-0.4, -0.2) is 20.3 Å². The molecule has 29 heavy (non-hydrogen) atoms. The molecule has 0 N–H and O–H groups in total. The Morgan fingerprint density at radius 2 is 1.72 bits per heavy atom. The summed E-state index contributed by atoms with van der Waals surface area (Å²) in [6.07, 6.45) is 1.74. The van der Waals surface area contributed by atoms with E-state index in [1.54, 1.807) is 13.1 Å². The topological polar surface area (TPSA) is 39.8 Å². The van der Waals surface area contributed by atoms with E-state index in [-0.39, 0.29) is 17.6 Å². The van der Waals surface area contributed by atoms with Crippen molar-refractivity contribution in [2.24, 2.45) is 5.41 Å². The van der Waals surface area contributed by atoms with E-state index in [0.29, 0.717) is 5.56 Å². The molecule has 0 amide bonds. The highest BCUT2D eigenvalue weighted by molar-refractivity contribution is 6.01. The first-order chi connectivity index (χ1) is 13.6. The molecule has 0 atom stereocenters. The van der Waals surface area contributed by atoms with Crippen molar-refractivity contribution in [2.75, 3.05) is 0 Å². The molecule has 0 unspecified atom stereocenters. The maximum Gasteiger partial charge on any atom is 0.252 e. The Kier molecular flexibility index (Phi) is 4.37. The van der Waals surface area contributed by atoms with Gasteiger partial charge in [-0.2, -0.15) is 9.78 Å². The van der Waals surface area contributed by atoms with Crippen molar-refractivity contribution in [3.05, 3.63) is 59.7 Å². The first-order valence-corrected chi connectivity index (χ1v) is 9.92. The lowest BCUT2D eigenvalue weighted by molar-refractivity contribution is 0.0755. The quantitative estimate of drug-likeness (QED) is 0.406. The van der Waals surface area contributed by atoms with Gasteiger partial charge >= 0.3 is 0 Å². The Bertz CT molecular complexity index is 1250. The fourth-order valence-electron chi connectivity index (χ4n) is 3.71. The third-order valence-corrected chi connectivity index (χ3v) is 5.34. The average Bonchev–Trinajstić information content (AvgIpc) is 3.21. The second-order valence-corrected chi connectivity index (χ2v) is 9.07. The molecule has 5 heteroatoms. The first-order valence-electron chi connectivity index (χ1n) is 9.92. The molecule has 0 aliphatic carbocycles. The van der Waals surface area contributed by atoms with Crippen LogP contribution in [0.3, 0.4) is 0 Å². The van der Waals surface area contributed by atoms with E-state index in [0.717, 1.165) is 33.2 Å². The molecule has 2 aromatic heterocycles. The molecule has 0 saturated carbocycles. The molecule has 2 aromatic carbocycles. The second kappa shape index (κ2) is 6.55. The van der Waals surface area contributed by atoms with Gasteiger partial charge in [-0.3, -0.25) is 4.79 Å². The van der Waals surface area contributed by atoms with Gasteiger partial charge in [0, 0.05) is 27.6 Å². The van der Waals surface area contributed by atoms with Crippen LogP contribution in [0.5, 0.6) is 0 Å². The molecular formula is C24H26FN3O. The molecule has 0 aliphatic heterocycles. The normalized spacial score (nSPS) is 12.4. The third kappa shape index (κ3) is 3.15. The lowest BCUT2D eigenvalue weighted by Gasteiger charge is -2.16. The van der Waals surface area contributed by atoms with Gasteiger partial charge in [0.15, 0.2) is 0 Å². The molecule has 0 radical (unpaired) electrons. The summed E-state index contributed by atoms with van der Waals surface area (Å²) in [5.74, 6) is 0.0359. The van der Waals surface area contributed by atoms with Gasteiger partial charge in [-0.05, 0) is 54.8 Å². The van der Waals surface area contributed by atoms with Crippen molar-refractivity contribution in [1.82, 2.24) is 14.3 Å². The molecule has 0 aliphatic rings. The summed E-state index contributed by atoms with van der Waals surface area (Å²) in [5.41, 5.74) is 3.99. The summed E-state index contributed by atoms with van der Waals surface area (Å²) in [4.78, 5) is 12.8. The minimum absolute atomic E-state index is 0.0375. The van der Waals surface area contributed by atoms with Gasteiger partial charge in [-0.25, -0.2) is 4.39 Å². The SMILES string of the molecule is Cc1cc(-n2c(C(C)C)cc3cc4c(cnn4C(=O)C(C)(C)C)cc32)ccc1F. The Balaban J connectivity index is 2.00. The minimum atomic E-state index is -0.519. The number of fused-ring (bicyclic) bond motifs is 2. The molecular weight excluding hydrogens is 365 g/mol. The number of rotatable bonds is 2. The molecule has 4 aromatic rings. The number of hydrogen-bond acceptors (Lipinski definition) is 2. The molecule has 0 saturated heterocycles. The molecule has 0 fully saturated rings. The lowest BCUT2D eigenvalue weighted by Crippen LogP contribution is -2.27. The number of nitrogens with zero attached hydrogens (tertiary/aromatic N) is 3. The number of aromatic nitrogens is 3. The van der Waals surface area contributed by atoms with Crippen LogP contribution < -0.4 is 0 Å². The van der Waals surface area contributed by atoms with Crippen molar-refractivity contribution in [3.8, 4) is 5.69 Å². The third-order valence-electron chi connectivity index (χ3n) is 5.34. The van der Waals surface area contributed by atoms with Gasteiger partial charge in [0.25, 0.3) is 5.91 Å². The molecule has 2 heterocycles. The zero-order chi connectivity index (χ0) is 21.1. The van der Waals surface area contributed by atoms with Crippen LogP contribution >= 0.6 is 0 Å². The van der Waals surface area contributed by atoms with Gasteiger partial charge in [0.1, 0.15) is 5.82 Å². The van der Waals surface area contributed by atoms with Crippen molar-refractivity contribution in [3.63, 3.8) is 0 Å². The Morgan fingerprint density at radius 3 is 2.34 bits per heavy atom. The fraction of sp³-hybridized carbons (Fsp3) is 0.333. The average molecular weight is 391 g/mol. The van der Waals surface area contributed by atoms with Crippen LogP contribution in [-0.2, 0) is 0 Å². The summed E-state index contributed by atoms with van der Waals surface area (Å²) in [6.45, 7) is 11.8. The van der Waals surface area contributed by atoms with Crippen molar-refractivity contribution in [2.45, 2.75) is 47.5 Å². The van der Waals surface area contributed by atoms with Crippen LogP contribution in [0, 0.1) is 18.2 Å². The maximum absolute atomic E-state index is 13.8. The van der Waals surface area contributed by atoms with Gasteiger partial charge in [0.05, 0.1) is 17.2 Å². The zero-order valence-electron chi connectivity index (χ0n) is 17.7. The first kappa shape index (κ1) is 19.4. The van der Waals surface area contributed by atoms with Crippen molar-refractivity contribution in [1.29, 1.82) is 0 Å². The van der Waals surface area contributed by atoms with E-state index in [1.165, 1.54) is 10.7 Å². The number of benzene rings is 2. The van der Waals surface area contributed by atoms with Crippen molar-refractivity contribution < 1.29 is 9.18 Å². The van der Waals surface area contributed by atoms with Gasteiger partial charge < -0.3 is 4.57 Å². The van der Waals surface area contributed by atoms with E-state index in [9.17, 15) is 9.18 Å². The van der Waals surface area contributed by atoms with Gasteiger partial charge in [-0.15, -0.1) is 0 Å². The smallest absolute Gasteiger partial charge is 0.252 e. The molecule has 0 bridgehead atoms. The highest BCUT2D eigenvalue weighted by Crippen LogP contribution is 2.33. The van der Waals surface area contributed by atoms with E-state index in [4.69, 9.17) is 0 Å². The number of hydrogen-bond donors (Lipinski definition) is 0. The predicted molar refractivity (Wildman–Crippen MR) is 115 cm³/mol. The van der Waals surface area contributed by atoms with Gasteiger partial charge in [-0.1, -0.05) is 34.6 Å². The number of aryl methyl sites for hydroxylation is 1. The Hall–Kier alpha value is -2.95.